The average molecular weight is 445 g/mol. The normalized spacial score (nSPS) is 17.9. The number of nitrogens with one attached hydrogen (secondary N) is 2. The molecule has 1 aliphatic carbocycles. The summed E-state index contributed by atoms with van der Waals surface area (Å²) in [5.74, 6) is 0.628. The number of amides is 2. The van der Waals surface area contributed by atoms with Gasteiger partial charge in [0.15, 0.2) is 0 Å². The molecule has 1 aromatic carbocycles. The third-order valence-corrected chi connectivity index (χ3v) is 5.93. The second kappa shape index (κ2) is 9.13. The van der Waals surface area contributed by atoms with E-state index in [2.05, 4.69) is 20.5 Å². The van der Waals surface area contributed by atoms with Crippen LogP contribution in [-0.2, 0) is 9.59 Å². The van der Waals surface area contributed by atoms with Gasteiger partial charge >= 0.3 is 0 Å². The van der Waals surface area contributed by atoms with Crippen LogP contribution in [0.1, 0.15) is 47.5 Å². The summed E-state index contributed by atoms with van der Waals surface area (Å²) in [5, 5.41) is 8.44. The third kappa shape index (κ3) is 5.55. The van der Waals surface area contributed by atoms with Crippen LogP contribution in [0.5, 0.6) is 0 Å². The number of pyridine rings is 1. The van der Waals surface area contributed by atoms with E-state index in [-0.39, 0.29) is 28.7 Å². The zero-order valence-electron chi connectivity index (χ0n) is 19.1. The molecule has 1 spiro atoms. The molecule has 2 heterocycles. The molecule has 1 saturated carbocycles. The summed E-state index contributed by atoms with van der Waals surface area (Å²) in [4.78, 5) is 31.2. The number of nitrogens with zero attached hydrogens (tertiary/aromatic N) is 2. The lowest BCUT2D eigenvalue weighted by atomic mass is 9.57. The molecule has 2 aliphatic rings. The van der Waals surface area contributed by atoms with Crippen molar-refractivity contribution in [2.75, 3.05) is 25.0 Å². The lowest BCUT2D eigenvalue weighted by Crippen LogP contribution is -2.65. The van der Waals surface area contributed by atoms with Gasteiger partial charge in [-0.3, -0.25) is 14.5 Å². The third-order valence-electron chi connectivity index (χ3n) is 5.70. The number of benzene rings is 1. The summed E-state index contributed by atoms with van der Waals surface area (Å²) in [7, 11) is 0. The second-order valence-corrected chi connectivity index (χ2v) is 10.00. The highest BCUT2D eigenvalue weighted by Gasteiger charge is 2.54. The van der Waals surface area contributed by atoms with Gasteiger partial charge in [0.05, 0.1) is 6.54 Å². The van der Waals surface area contributed by atoms with E-state index in [4.69, 9.17) is 11.6 Å². The van der Waals surface area contributed by atoms with Gasteiger partial charge in [-0.2, -0.15) is 0 Å². The fraction of sp³-hybridized carbons (Fsp3) is 0.542. The van der Waals surface area contributed by atoms with Gasteiger partial charge in [0, 0.05) is 41.2 Å². The van der Waals surface area contributed by atoms with Crippen molar-refractivity contribution in [3.8, 4) is 0 Å². The van der Waals surface area contributed by atoms with E-state index < -0.39 is 0 Å². The quantitative estimate of drug-likeness (QED) is 0.729. The molecule has 168 valence electrons. The predicted molar refractivity (Wildman–Crippen MR) is 126 cm³/mol. The number of likely N-dealkylation sites (tertiary alicyclic amines) is 1. The summed E-state index contributed by atoms with van der Waals surface area (Å²) >= 11 is 6.10. The second-order valence-electron chi connectivity index (χ2n) is 9.56. The molecule has 1 aromatic heterocycles. The maximum Gasteiger partial charge on any atom is 0.234 e. The van der Waals surface area contributed by atoms with Crippen molar-refractivity contribution in [1.82, 2.24) is 15.2 Å². The molecule has 6 nitrogen and oxygen atoms in total. The Morgan fingerprint density at radius 1 is 1.19 bits per heavy atom. The molecule has 2 fully saturated rings. The fourth-order valence-corrected chi connectivity index (χ4v) is 4.74. The maximum absolute atomic E-state index is 12.7. The van der Waals surface area contributed by atoms with Crippen LogP contribution in [0.15, 0.2) is 30.5 Å². The largest absolute Gasteiger partial charge is 0.350 e. The van der Waals surface area contributed by atoms with Gasteiger partial charge in [-0.15, -0.1) is 0 Å². The molecule has 0 radical (unpaired) electrons. The maximum atomic E-state index is 12.7. The Hall–Kier alpha value is -2.18. The van der Waals surface area contributed by atoms with E-state index in [9.17, 15) is 9.59 Å². The summed E-state index contributed by atoms with van der Waals surface area (Å²) in [5.41, 5.74) is -0.0152. The predicted octanol–water partition coefficient (Wildman–Crippen LogP) is 4.48. The zero-order chi connectivity index (χ0) is 22.8. The lowest BCUT2D eigenvalue weighted by molar-refractivity contribution is -0.144. The van der Waals surface area contributed by atoms with Crippen molar-refractivity contribution in [2.45, 2.75) is 53.0 Å². The van der Waals surface area contributed by atoms with E-state index in [0.717, 1.165) is 36.7 Å². The molecular weight excluding hydrogens is 412 g/mol. The molecule has 2 N–H and O–H groups in total. The van der Waals surface area contributed by atoms with Crippen LogP contribution in [0, 0.1) is 11.3 Å². The SMILES string of the molecule is CC.CC(C)(C)NC(=O)CN1CC2(CC(C(=O)Nc3nccc4ccc(Cl)cc34)C2)C1. The van der Waals surface area contributed by atoms with E-state index >= 15 is 0 Å². The molecule has 1 aliphatic heterocycles. The summed E-state index contributed by atoms with van der Waals surface area (Å²) < 4.78 is 0. The van der Waals surface area contributed by atoms with Crippen LogP contribution in [0.2, 0.25) is 5.02 Å². The number of carbonyl (C=O) groups is 2. The molecule has 2 aromatic rings. The van der Waals surface area contributed by atoms with Crippen LogP contribution >= 0.6 is 11.6 Å². The highest BCUT2D eigenvalue weighted by molar-refractivity contribution is 6.31. The number of fused-ring (bicyclic) bond motifs is 1. The van der Waals surface area contributed by atoms with Crippen LogP contribution in [0.4, 0.5) is 5.82 Å². The van der Waals surface area contributed by atoms with E-state index in [1.54, 1.807) is 6.20 Å². The Morgan fingerprint density at radius 2 is 1.87 bits per heavy atom. The molecule has 4 rings (SSSR count). The van der Waals surface area contributed by atoms with Crippen LogP contribution in [-0.4, -0.2) is 46.9 Å². The highest BCUT2D eigenvalue weighted by Crippen LogP contribution is 2.52. The van der Waals surface area contributed by atoms with Gasteiger partial charge in [0.25, 0.3) is 0 Å². The van der Waals surface area contributed by atoms with Crippen LogP contribution < -0.4 is 10.6 Å². The van der Waals surface area contributed by atoms with Crippen LogP contribution in [0.25, 0.3) is 10.8 Å². The molecule has 31 heavy (non-hydrogen) atoms. The van der Waals surface area contributed by atoms with Crippen LogP contribution in [0.3, 0.4) is 0 Å². The zero-order valence-corrected chi connectivity index (χ0v) is 19.8. The fourth-order valence-electron chi connectivity index (χ4n) is 4.56. The topological polar surface area (TPSA) is 74.3 Å². The number of carbonyl (C=O) groups excluding carboxylic acids is 2. The highest BCUT2D eigenvalue weighted by atomic mass is 35.5. The summed E-state index contributed by atoms with van der Waals surface area (Å²) in [6, 6.07) is 7.48. The van der Waals surface area contributed by atoms with Crippen molar-refractivity contribution in [3.63, 3.8) is 0 Å². The number of rotatable bonds is 4. The molecular formula is C24H33ClN4O2. The van der Waals surface area contributed by atoms with Crippen molar-refractivity contribution in [3.05, 3.63) is 35.5 Å². The molecule has 1 saturated heterocycles. The van der Waals surface area contributed by atoms with Crippen molar-refractivity contribution < 1.29 is 9.59 Å². The van der Waals surface area contributed by atoms with E-state index in [0.29, 0.717) is 17.4 Å². The first-order valence-corrected chi connectivity index (χ1v) is 11.4. The van der Waals surface area contributed by atoms with Crippen molar-refractivity contribution in [2.24, 2.45) is 11.3 Å². The van der Waals surface area contributed by atoms with Gasteiger partial charge in [-0.05, 0) is 62.6 Å². The monoisotopic (exact) mass is 444 g/mol. The van der Waals surface area contributed by atoms with Gasteiger partial charge in [-0.25, -0.2) is 4.98 Å². The number of hydrogen-bond donors (Lipinski definition) is 2. The minimum Gasteiger partial charge on any atom is -0.350 e. The van der Waals surface area contributed by atoms with E-state index in [1.807, 2.05) is 58.9 Å². The Kier molecular flexibility index (Phi) is 6.92. The number of hydrogen-bond acceptors (Lipinski definition) is 4. The molecule has 0 unspecified atom stereocenters. The Morgan fingerprint density at radius 3 is 2.52 bits per heavy atom. The average Bonchev–Trinajstić information content (AvgIpc) is 2.63. The van der Waals surface area contributed by atoms with Gasteiger partial charge < -0.3 is 10.6 Å². The van der Waals surface area contributed by atoms with Gasteiger partial charge in [0.1, 0.15) is 5.82 Å². The first-order chi connectivity index (χ1) is 14.6. The Labute approximate surface area is 189 Å². The van der Waals surface area contributed by atoms with Crippen molar-refractivity contribution in [1.29, 1.82) is 0 Å². The van der Waals surface area contributed by atoms with Crippen molar-refractivity contribution >= 4 is 40.0 Å². The lowest BCUT2D eigenvalue weighted by Gasteiger charge is -2.58. The minimum absolute atomic E-state index is 0.00297. The first kappa shape index (κ1) is 23.5. The van der Waals surface area contributed by atoms with Gasteiger partial charge in [-0.1, -0.05) is 31.5 Å². The standard InChI is InChI=1S/C22H27ClN4O2.C2H6/c1-21(2,3)26-18(28)11-27-12-22(13-27)9-15(10-22)20(29)25-19-17-8-16(23)5-4-14(17)6-7-24-19;1-2/h4-8,15H,9-13H2,1-3H3,(H,26,28)(H,24,25,29);1-2H3. The first-order valence-electron chi connectivity index (χ1n) is 11.0. The molecule has 0 bridgehead atoms. The Bertz CT molecular complexity index is 956. The molecule has 0 atom stereocenters. The number of anilines is 1. The number of aromatic nitrogens is 1. The number of halogens is 1. The minimum atomic E-state index is -0.209. The molecule has 7 heteroatoms. The smallest absolute Gasteiger partial charge is 0.234 e. The van der Waals surface area contributed by atoms with Gasteiger partial charge in [0.2, 0.25) is 11.8 Å². The summed E-state index contributed by atoms with van der Waals surface area (Å²) in [6.07, 6.45) is 3.42. The Balaban J connectivity index is 0.00000132. The van der Waals surface area contributed by atoms with E-state index in [1.165, 1.54) is 0 Å². The molecule has 2 amide bonds. The summed E-state index contributed by atoms with van der Waals surface area (Å²) in [6.45, 7) is 12.1.